The van der Waals surface area contributed by atoms with Crippen molar-refractivity contribution < 1.29 is 14.2 Å². The zero-order chi connectivity index (χ0) is 18.8. The van der Waals surface area contributed by atoms with Crippen molar-refractivity contribution in [3.8, 4) is 0 Å². The van der Waals surface area contributed by atoms with Crippen molar-refractivity contribution in [3.63, 3.8) is 0 Å². The van der Waals surface area contributed by atoms with E-state index in [1.54, 1.807) is 25.3 Å². The number of pyridine rings is 1. The van der Waals surface area contributed by atoms with E-state index in [1.807, 2.05) is 11.1 Å². The minimum atomic E-state index is -0.316. The van der Waals surface area contributed by atoms with Gasteiger partial charge in [0.25, 0.3) is 0 Å². The molecule has 0 atom stereocenters. The first-order chi connectivity index (χ1) is 13.2. The van der Waals surface area contributed by atoms with Gasteiger partial charge in [-0.25, -0.2) is 9.37 Å². The molecule has 27 heavy (non-hydrogen) atoms. The summed E-state index contributed by atoms with van der Waals surface area (Å²) < 4.78 is 19.8. The number of nitrogens with zero attached hydrogens (tertiary/aromatic N) is 4. The lowest BCUT2D eigenvalue weighted by Crippen LogP contribution is -2.52. The van der Waals surface area contributed by atoms with Crippen molar-refractivity contribution >= 4 is 17.2 Å². The number of methoxy groups -OCH3 is 1. The van der Waals surface area contributed by atoms with Gasteiger partial charge in [-0.15, -0.1) is 0 Å². The van der Waals surface area contributed by atoms with E-state index in [1.165, 1.54) is 0 Å². The molecule has 2 fully saturated rings. The number of ether oxygens (including phenoxy) is 1. The average molecular weight is 372 g/mol. The Morgan fingerprint density at radius 1 is 1.07 bits per heavy atom. The minimum Gasteiger partial charge on any atom is -0.392 e. The van der Waals surface area contributed by atoms with Gasteiger partial charge in [-0.2, -0.15) is 0 Å². The Morgan fingerprint density at radius 2 is 1.81 bits per heavy atom. The summed E-state index contributed by atoms with van der Waals surface area (Å²) in [5, 5.41) is 9.26. The number of anilines is 3. The molecule has 1 aromatic heterocycles. The summed E-state index contributed by atoms with van der Waals surface area (Å²) in [7, 11) is 1.74. The van der Waals surface area contributed by atoms with E-state index in [2.05, 4.69) is 26.9 Å². The zero-order valence-corrected chi connectivity index (χ0v) is 15.5. The summed E-state index contributed by atoms with van der Waals surface area (Å²) in [6.07, 6.45) is 2.22. The Balaban J connectivity index is 1.37. The van der Waals surface area contributed by atoms with Crippen LogP contribution >= 0.6 is 0 Å². The van der Waals surface area contributed by atoms with Crippen molar-refractivity contribution in [2.45, 2.75) is 12.7 Å². The molecule has 1 N–H and O–H groups in total. The van der Waals surface area contributed by atoms with Crippen molar-refractivity contribution in [1.82, 2.24) is 4.98 Å². The van der Waals surface area contributed by atoms with Crippen LogP contribution in [0.15, 0.2) is 36.5 Å². The van der Waals surface area contributed by atoms with Gasteiger partial charge in [0.2, 0.25) is 0 Å². The molecule has 4 rings (SSSR count). The van der Waals surface area contributed by atoms with Crippen LogP contribution in [0.2, 0.25) is 0 Å². The van der Waals surface area contributed by atoms with E-state index in [-0.39, 0.29) is 12.4 Å². The molecule has 0 bridgehead atoms. The number of benzene rings is 1. The first-order valence-corrected chi connectivity index (χ1v) is 9.31. The smallest absolute Gasteiger partial charge is 0.151 e. The quantitative estimate of drug-likeness (QED) is 0.865. The Hall–Kier alpha value is -2.38. The van der Waals surface area contributed by atoms with Crippen LogP contribution in [-0.2, 0) is 11.3 Å². The lowest BCUT2D eigenvalue weighted by molar-refractivity contribution is 0.0783. The highest BCUT2D eigenvalue weighted by Crippen LogP contribution is 2.26. The number of hydrogen-bond donors (Lipinski definition) is 1. The molecule has 0 amide bonds. The molecule has 0 unspecified atom stereocenters. The fourth-order valence-corrected chi connectivity index (χ4v) is 3.66. The Morgan fingerprint density at radius 3 is 2.44 bits per heavy atom. The van der Waals surface area contributed by atoms with E-state index in [4.69, 9.17) is 4.74 Å². The number of aliphatic hydroxyl groups is 1. The Kier molecular flexibility index (Phi) is 5.13. The van der Waals surface area contributed by atoms with Crippen LogP contribution in [0.4, 0.5) is 21.6 Å². The first-order valence-electron chi connectivity index (χ1n) is 9.31. The van der Waals surface area contributed by atoms with Crippen LogP contribution in [0.1, 0.15) is 5.56 Å². The topological polar surface area (TPSA) is 52.1 Å². The van der Waals surface area contributed by atoms with Gasteiger partial charge >= 0.3 is 0 Å². The summed E-state index contributed by atoms with van der Waals surface area (Å²) in [6.45, 7) is 4.57. The molecular weight excluding hydrogens is 347 g/mol. The molecule has 3 heterocycles. The van der Waals surface area contributed by atoms with Crippen molar-refractivity contribution in [3.05, 3.63) is 47.9 Å². The van der Waals surface area contributed by atoms with Crippen LogP contribution in [0.5, 0.6) is 0 Å². The SMILES string of the molecule is COC1CN(c2ccc(N3CCN(c4cccc(CO)c4F)CC3)cn2)C1. The maximum absolute atomic E-state index is 14.5. The van der Waals surface area contributed by atoms with Gasteiger partial charge in [0.1, 0.15) is 5.82 Å². The summed E-state index contributed by atoms with van der Waals surface area (Å²) >= 11 is 0. The molecular formula is C20H25FN4O2. The second kappa shape index (κ2) is 7.70. The molecule has 2 aromatic rings. The van der Waals surface area contributed by atoms with Crippen molar-refractivity contribution in [2.75, 3.05) is 61.1 Å². The van der Waals surface area contributed by atoms with Gasteiger partial charge in [0, 0.05) is 51.9 Å². The fraction of sp³-hybridized carbons (Fsp3) is 0.450. The van der Waals surface area contributed by atoms with Crippen molar-refractivity contribution in [2.24, 2.45) is 0 Å². The molecule has 0 saturated carbocycles. The maximum atomic E-state index is 14.5. The van der Waals surface area contributed by atoms with Gasteiger partial charge in [-0.3, -0.25) is 0 Å². The molecule has 0 aliphatic carbocycles. The standard InChI is InChI=1S/C20H25FN4O2/c1-27-17-12-25(13-17)19-6-5-16(11-22-19)23-7-9-24(10-8-23)18-4-2-3-15(14-26)20(18)21/h2-6,11,17,26H,7-10,12-14H2,1H3. The minimum absolute atomic E-state index is 0.278. The second-order valence-corrected chi connectivity index (χ2v) is 7.02. The van der Waals surface area contributed by atoms with E-state index >= 15 is 0 Å². The van der Waals surface area contributed by atoms with Crippen LogP contribution in [0, 0.1) is 5.82 Å². The highest BCUT2D eigenvalue weighted by Gasteiger charge is 2.27. The predicted octanol–water partition coefficient (Wildman–Crippen LogP) is 1.87. The lowest BCUT2D eigenvalue weighted by atomic mass is 10.1. The average Bonchev–Trinajstić information content (AvgIpc) is 2.68. The van der Waals surface area contributed by atoms with Crippen LogP contribution in [-0.4, -0.2) is 62.6 Å². The molecule has 0 spiro atoms. The third-order valence-corrected chi connectivity index (χ3v) is 5.45. The molecule has 2 aliphatic rings. The number of aromatic nitrogens is 1. The summed E-state index contributed by atoms with van der Waals surface area (Å²) in [4.78, 5) is 11.1. The van der Waals surface area contributed by atoms with Gasteiger partial charge in [-0.05, 0) is 18.2 Å². The van der Waals surface area contributed by atoms with Gasteiger partial charge in [-0.1, -0.05) is 12.1 Å². The first kappa shape index (κ1) is 18.0. The zero-order valence-electron chi connectivity index (χ0n) is 15.5. The fourth-order valence-electron chi connectivity index (χ4n) is 3.66. The predicted molar refractivity (Wildman–Crippen MR) is 104 cm³/mol. The number of rotatable bonds is 5. The van der Waals surface area contributed by atoms with Gasteiger partial charge < -0.3 is 24.5 Å². The lowest BCUT2D eigenvalue weighted by Gasteiger charge is -2.39. The van der Waals surface area contributed by atoms with E-state index in [0.717, 1.165) is 50.8 Å². The molecule has 2 aliphatic heterocycles. The summed E-state index contributed by atoms with van der Waals surface area (Å²) in [5.74, 6) is 0.664. The molecule has 144 valence electrons. The largest absolute Gasteiger partial charge is 0.392 e. The second-order valence-electron chi connectivity index (χ2n) is 7.02. The maximum Gasteiger partial charge on any atom is 0.151 e. The number of halogens is 1. The summed E-state index contributed by atoms with van der Waals surface area (Å²) in [6, 6.07) is 9.35. The van der Waals surface area contributed by atoms with E-state index in [0.29, 0.717) is 17.4 Å². The van der Waals surface area contributed by atoms with E-state index in [9.17, 15) is 9.50 Å². The van der Waals surface area contributed by atoms with Gasteiger partial charge in [0.15, 0.2) is 5.82 Å². The summed E-state index contributed by atoms with van der Waals surface area (Å²) in [5.41, 5.74) is 2.00. The highest BCUT2D eigenvalue weighted by molar-refractivity contribution is 5.55. The number of piperazine rings is 1. The van der Waals surface area contributed by atoms with Crippen LogP contribution < -0.4 is 14.7 Å². The monoisotopic (exact) mass is 372 g/mol. The third kappa shape index (κ3) is 3.57. The molecule has 7 heteroatoms. The molecule has 2 saturated heterocycles. The van der Waals surface area contributed by atoms with Crippen LogP contribution in [0.25, 0.3) is 0 Å². The van der Waals surface area contributed by atoms with Gasteiger partial charge in [0.05, 0.1) is 30.3 Å². The molecule has 6 nitrogen and oxygen atoms in total. The Bertz CT molecular complexity index is 772. The number of hydrogen-bond acceptors (Lipinski definition) is 6. The van der Waals surface area contributed by atoms with Crippen LogP contribution in [0.3, 0.4) is 0 Å². The molecule has 0 radical (unpaired) electrons. The normalized spacial score (nSPS) is 18.0. The third-order valence-electron chi connectivity index (χ3n) is 5.45. The Labute approximate surface area is 158 Å². The molecule has 1 aromatic carbocycles. The highest BCUT2D eigenvalue weighted by atomic mass is 19.1. The van der Waals surface area contributed by atoms with E-state index < -0.39 is 0 Å². The number of aliphatic hydroxyl groups excluding tert-OH is 1. The van der Waals surface area contributed by atoms with Crippen molar-refractivity contribution in [1.29, 1.82) is 0 Å².